The highest BCUT2D eigenvalue weighted by Gasteiger charge is 2.28. The summed E-state index contributed by atoms with van der Waals surface area (Å²) >= 11 is 0. The van der Waals surface area contributed by atoms with Crippen LogP contribution in [-0.2, 0) is 6.42 Å². The van der Waals surface area contributed by atoms with E-state index in [0.717, 1.165) is 44.3 Å². The number of benzene rings is 1. The van der Waals surface area contributed by atoms with E-state index < -0.39 is 5.60 Å². The first-order chi connectivity index (χ1) is 7.68. The maximum absolute atomic E-state index is 13.0. The van der Waals surface area contributed by atoms with E-state index in [0.29, 0.717) is 0 Å². The summed E-state index contributed by atoms with van der Waals surface area (Å²) in [7, 11) is 0. The number of aryl methyl sites for hydroxylation is 1. The number of nitrogens with one attached hydrogen (secondary N) is 1. The summed E-state index contributed by atoms with van der Waals surface area (Å²) in [5.74, 6) is -0.199. The van der Waals surface area contributed by atoms with Crippen molar-refractivity contribution in [1.29, 1.82) is 0 Å². The van der Waals surface area contributed by atoms with E-state index in [-0.39, 0.29) is 5.82 Å². The van der Waals surface area contributed by atoms with E-state index >= 15 is 0 Å². The fraction of sp³-hybridized carbons (Fsp3) is 0.538. The number of aliphatic hydroxyl groups is 1. The molecular formula is C13H18FNO. The lowest BCUT2D eigenvalue weighted by molar-refractivity contribution is 0.00280. The smallest absolute Gasteiger partial charge is 0.123 e. The van der Waals surface area contributed by atoms with Crippen LogP contribution in [0.1, 0.15) is 24.8 Å². The summed E-state index contributed by atoms with van der Waals surface area (Å²) < 4.78 is 13.0. The number of halogens is 1. The molecule has 2 N–H and O–H groups in total. The van der Waals surface area contributed by atoms with E-state index in [1.807, 2.05) is 6.07 Å². The summed E-state index contributed by atoms with van der Waals surface area (Å²) in [5.41, 5.74) is 0.407. The molecule has 1 aromatic carbocycles. The van der Waals surface area contributed by atoms with E-state index in [1.54, 1.807) is 12.1 Å². The first-order valence-corrected chi connectivity index (χ1v) is 5.86. The third kappa shape index (κ3) is 3.03. The molecule has 0 amide bonds. The van der Waals surface area contributed by atoms with Crippen LogP contribution in [0.2, 0.25) is 0 Å². The Morgan fingerprint density at radius 1 is 1.31 bits per heavy atom. The van der Waals surface area contributed by atoms with Gasteiger partial charge in [0.05, 0.1) is 5.60 Å². The lowest BCUT2D eigenvalue weighted by Crippen LogP contribution is -2.42. The second kappa shape index (κ2) is 4.93. The van der Waals surface area contributed by atoms with Crippen molar-refractivity contribution in [2.75, 3.05) is 13.1 Å². The molecule has 1 aliphatic heterocycles. The Labute approximate surface area is 95.5 Å². The van der Waals surface area contributed by atoms with Gasteiger partial charge in [0, 0.05) is 0 Å². The third-order valence-electron chi connectivity index (χ3n) is 3.30. The van der Waals surface area contributed by atoms with Gasteiger partial charge in [-0.05, 0) is 56.5 Å². The molecule has 0 bridgehead atoms. The van der Waals surface area contributed by atoms with Crippen LogP contribution in [0.3, 0.4) is 0 Å². The van der Waals surface area contributed by atoms with E-state index in [4.69, 9.17) is 0 Å². The standard InChI is InChI=1S/C13H18FNO/c14-12-3-1-2-11(10-12)4-5-13(16)6-8-15-9-7-13/h1-3,10,15-16H,4-9H2. The third-order valence-corrected chi connectivity index (χ3v) is 3.30. The van der Waals surface area contributed by atoms with Crippen LogP contribution in [0.5, 0.6) is 0 Å². The van der Waals surface area contributed by atoms with Crippen LogP contribution < -0.4 is 5.32 Å². The second-order valence-electron chi connectivity index (χ2n) is 4.60. The molecule has 16 heavy (non-hydrogen) atoms. The summed E-state index contributed by atoms with van der Waals surface area (Å²) in [5, 5.41) is 13.5. The number of hydrogen-bond donors (Lipinski definition) is 2. The highest BCUT2D eigenvalue weighted by atomic mass is 19.1. The predicted molar refractivity (Wildman–Crippen MR) is 61.8 cm³/mol. The Hall–Kier alpha value is -0.930. The molecule has 0 aliphatic carbocycles. The van der Waals surface area contributed by atoms with Crippen LogP contribution in [0.15, 0.2) is 24.3 Å². The van der Waals surface area contributed by atoms with Crippen LogP contribution >= 0.6 is 0 Å². The van der Waals surface area contributed by atoms with Crippen molar-refractivity contribution in [1.82, 2.24) is 5.32 Å². The minimum absolute atomic E-state index is 0.199. The van der Waals surface area contributed by atoms with Gasteiger partial charge in [-0.1, -0.05) is 12.1 Å². The molecular weight excluding hydrogens is 205 g/mol. The van der Waals surface area contributed by atoms with Crippen molar-refractivity contribution in [3.8, 4) is 0 Å². The molecule has 0 aromatic heterocycles. The summed E-state index contributed by atoms with van der Waals surface area (Å²) in [4.78, 5) is 0. The summed E-state index contributed by atoms with van der Waals surface area (Å²) in [6, 6.07) is 6.62. The lowest BCUT2D eigenvalue weighted by atomic mass is 9.86. The van der Waals surface area contributed by atoms with Gasteiger partial charge in [0.1, 0.15) is 5.82 Å². The lowest BCUT2D eigenvalue weighted by Gasteiger charge is -2.32. The van der Waals surface area contributed by atoms with Gasteiger partial charge in [-0.15, -0.1) is 0 Å². The molecule has 88 valence electrons. The molecule has 1 saturated heterocycles. The Morgan fingerprint density at radius 2 is 2.06 bits per heavy atom. The molecule has 1 fully saturated rings. The van der Waals surface area contributed by atoms with Crippen molar-refractivity contribution in [3.05, 3.63) is 35.6 Å². The van der Waals surface area contributed by atoms with Gasteiger partial charge in [0.2, 0.25) is 0 Å². The van der Waals surface area contributed by atoms with Gasteiger partial charge in [0.25, 0.3) is 0 Å². The van der Waals surface area contributed by atoms with Gasteiger partial charge in [-0.2, -0.15) is 0 Å². The SMILES string of the molecule is OC1(CCc2cccc(F)c2)CCNCC1. The minimum Gasteiger partial charge on any atom is -0.390 e. The number of hydrogen-bond acceptors (Lipinski definition) is 2. The van der Waals surface area contributed by atoms with Gasteiger partial charge < -0.3 is 10.4 Å². The maximum Gasteiger partial charge on any atom is 0.123 e. The molecule has 1 aliphatic rings. The quantitative estimate of drug-likeness (QED) is 0.820. The maximum atomic E-state index is 13.0. The van der Waals surface area contributed by atoms with Crippen molar-refractivity contribution < 1.29 is 9.50 Å². The Balaban J connectivity index is 1.91. The summed E-state index contributed by atoms with van der Waals surface area (Å²) in [6.45, 7) is 1.75. The van der Waals surface area contributed by atoms with Gasteiger partial charge in [-0.25, -0.2) is 4.39 Å². The van der Waals surface area contributed by atoms with Gasteiger partial charge >= 0.3 is 0 Å². The van der Waals surface area contributed by atoms with Crippen LogP contribution in [0.4, 0.5) is 4.39 Å². The Bertz CT molecular complexity index is 348. The van der Waals surface area contributed by atoms with Gasteiger partial charge in [0.15, 0.2) is 0 Å². The van der Waals surface area contributed by atoms with E-state index in [1.165, 1.54) is 6.07 Å². The number of rotatable bonds is 3. The van der Waals surface area contributed by atoms with Crippen molar-refractivity contribution in [2.45, 2.75) is 31.3 Å². The average Bonchev–Trinajstić information content (AvgIpc) is 2.28. The first-order valence-electron chi connectivity index (χ1n) is 5.86. The monoisotopic (exact) mass is 223 g/mol. The zero-order valence-electron chi connectivity index (χ0n) is 9.38. The minimum atomic E-state index is -0.558. The molecule has 1 aromatic rings. The molecule has 2 rings (SSSR count). The highest BCUT2D eigenvalue weighted by Crippen LogP contribution is 2.24. The highest BCUT2D eigenvalue weighted by molar-refractivity contribution is 5.16. The van der Waals surface area contributed by atoms with E-state index in [9.17, 15) is 9.50 Å². The van der Waals surface area contributed by atoms with E-state index in [2.05, 4.69) is 5.32 Å². The van der Waals surface area contributed by atoms with Gasteiger partial charge in [-0.3, -0.25) is 0 Å². The largest absolute Gasteiger partial charge is 0.390 e. The normalized spacial score (nSPS) is 19.6. The van der Waals surface area contributed by atoms with Crippen LogP contribution in [-0.4, -0.2) is 23.8 Å². The predicted octanol–water partition coefficient (Wildman–Crippen LogP) is 1.87. The molecule has 2 nitrogen and oxygen atoms in total. The molecule has 3 heteroatoms. The summed E-state index contributed by atoms with van der Waals surface area (Å²) in [6.07, 6.45) is 3.05. The average molecular weight is 223 g/mol. The first kappa shape index (κ1) is 11.6. The van der Waals surface area contributed by atoms with Crippen LogP contribution in [0, 0.1) is 5.82 Å². The molecule has 0 atom stereocenters. The van der Waals surface area contributed by atoms with Crippen LogP contribution in [0.25, 0.3) is 0 Å². The second-order valence-corrected chi connectivity index (χ2v) is 4.60. The fourth-order valence-electron chi connectivity index (χ4n) is 2.21. The number of piperidine rings is 1. The zero-order valence-corrected chi connectivity index (χ0v) is 9.38. The molecule has 1 heterocycles. The topological polar surface area (TPSA) is 32.3 Å². The zero-order chi connectivity index (χ0) is 11.4. The molecule has 0 saturated carbocycles. The molecule has 0 radical (unpaired) electrons. The van der Waals surface area contributed by atoms with Crippen molar-refractivity contribution in [2.24, 2.45) is 0 Å². The molecule has 0 spiro atoms. The van der Waals surface area contributed by atoms with Crippen molar-refractivity contribution >= 4 is 0 Å². The Kier molecular flexibility index (Phi) is 3.56. The fourth-order valence-corrected chi connectivity index (χ4v) is 2.21. The Morgan fingerprint density at radius 3 is 2.75 bits per heavy atom. The molecule has 0 unspecified atom stereocenters. The van der Waals surface area contributed by atoms with Crippen molar-refractivity contribution in [3.63, 3.8) is 0 Å².